The number of benzene rings is 3. The minimum absolute atomic E-state index is 0.0404. The van der Waals surface area contributed by atoms with Crippen molar-refractivity contribution in [2.75, 3.05) is 4.31 Å². The van der Waals surface area contributed by atoms with Crippen LogP contribution in [0.4, 0.5) is 5.69 Å². The normalized spacial score (nSPS) is 12.0. The van der Waals surface area contributed by atoms with E-state index in [4.69, 9.17) is 8.83 Å². The topological polar surface area (TPSA) is 97.8 Å². The number of nitrogens with zero attached hydrogens (tertiary/aromatic N) is 1. The molecule has 0 aliphatic rings. The van der Waals surface area contributed by atoms with Gasteiger partial charge in [-0.2, -0.15) is 4.31 Å². The monoisotopic (exact) mass is 493 g/mol. The molecule has 2 aromatic heterocycles. The maximum Gasteiger partial charge on any atom is 0.396 e. The van der Waals surface area contributed by atoms with Crippen LogP contribution in [0.15, 0.2) is 91.5 Å². The molecule has 2 heterocycles. The van der Waals surface area contributed by atoms with Crippen LogP contribution in [0.1, 0.15) is 35.9 Å². The third kappa shape index (κ3) is 3.63. The quantitative estimate of drug-likeness (QED) is 0.309. The fourth-order valence-corrected chi connectivity index (χ4v) is 5.95. The van der Waals surface area contributed by atoms with Gasteiger partial charge in [-0.3, -0.25) is 4.79 Å². The Morgan fingerprint density at radius 3 is 2.32 bits per heavy atom. The number of furan rings is 1. The highest BCUT2D eigenvalue weighted by atomic mass is 32.2. The summed E-state index contributed by atoms with van der Waals surface area (Å²) < 4.78 is 39.6. The van der Waals surface area contributed by atoms with Crippen molar-refractivity contribution in [1.29, 1.82) is 0 Å². The van der Waals surface area contributed by atoms with Crippen LogP contribution in [0, 0.1) is 0 Å². The highest BCUT2D eigenvalue weighted by molar-refractivity contribution is 7.93. The largest absolute Gasteiger partial charge is 0.459 e. The van der Waals surface area contributed by atoms with Gasteiger partial charge in [0, 0.05) is 10.8 Å². The van der Waals surface area contributed by atoms with Gasteiger partial charge in [0.1, 0.15) is 0 Å². The van der Waals surface area contributed by atoms with Gasteiger partial charge in [-0.1, -0.05) is 61.6 Å². The van der Waals surface area contributed by atoms with Crippen molar-refractivity contribution in [2.45, 2.75) is 24.7 Å². The van der Waals surface area contributed by atoms with Crippen LogP contribution in [-0.2, 0) is 10.0 Å². The first-order valence-corrected chi connectivity index (χ1v) is 12.7. The smallest absolute Gasteiger partial charge is 0.396 e. The van der Waals surface area contributed by atoms with Crippen molar-refractivity contribution in [2.24, 2.45) is 0 Å². The van der Waals surface area contributed by atoms with Crippen LogP contribution in [0.5, 0.6) is 0 Å². The Kier molecular flexibility index (Phi) is 5.38. The van der Waals surface area contributed by atoms with Crippen LogP contribution >= 0.6 is 11.3 Å². The maximum atomic E-state index is 13.9. The summed E-state index contributed by atoms with van der Waals surface area (Å²) in [6.07, 6.45) is 1.30. The minimum Gasteiger partial charge on any atom is -0.459 e. The van der Waals surface area contributed by atoms with Gasteiger partial charge in [-0.05, 0) is 41.8 Å². The van der Waals surface area contributed by atoms with Gasteiger partial charge < -0.3 is 8.83 Å². The summed E-state index contributed by atoms with van der Waals surface area (Å²) in [5.41, 5.74) is 1.42. The van der Waals surface area contributed by atoms with Crippen molar-refractivity contribution in [3.8, 4) is 0 Å². The van der Waals surface area contributed by atoms with Gasteiger partial charge in [0.2, 0.25) is 0 Å². The predicted octanol–water partition coefficient (Wildman–Crippen LogP) is 5.76. The number of anilines is 1. The number of carbonyl (C=O) groups is 1. The zero-order chi connectivity index (χ0) is 24.0. The molecular formula is C25H19NO6S2. The van der Waals surface area contributed by atoms with E-state index < -0.39 is 20.9 Å². The molecule has 5 aromatic rings. The molecule has 0 aliphatic heterocycles. The highest BCUT2D eigenvalue weighted by Gasteiger charge is 2.35. The highest BCUT2D eigenvalue weighted by Crippen LogP contribution is 2.38. The molecule has 34 heavy (non-hydrogen) atoms. The summed E-state index contributed by atoms with van der Waals surface area (Å²) in [5, 5.41) is 0.967. The number of amides is 1. The molecule has 5 rings (SSSR count). The van der Waals surface area contributed by atoms with Crippen LogP contribution in [0.3, 0.4) is 0 Å². The predicted molar refractivity (Wildman–Crippen MR) is 131 cm³/mol. The molecule has 0 saturated heterocycles. The van der Waals surface area contributed by atoms with E-state index in [0.717, 1.165) is 21.2 Å². The van der Waals surface area contributed by atoms with E-state index in [-0.39, 0.29) is 22.3 Å². The Morgan fingerprint density at radius 2 is 1.68 bits per heavy atom. The van der Waals surface area contributed by atoms with Crippen LogP contribution < -0.4 is 9.24 Å². The van der Waals surface area contributed by atoms with Gasteiger partial charge in [0.25, 0.3) is 10.0 Å². The van der Waals surface area contributed by atoms with Crippen molar-refractivity contribution >= 4 is 54.0 Å². The Labute approximate surface area is 198 Å². The molecule has 9 heteroatoms. The van der Waals surface area contributed by atoms with Crippen molar-refractivity contribution < 1.29 is 22.0 Å². The molecule has 172 valence electrons. The van der Waals surface area contributed by atoms with E-state index in [0.29, 0.717) is 21.1 Å². The molecule has 0 N–H and O–H groups in total. The Morgan fingerprint density at radius 1 is 0.971 bits per heavy atom. The van der Waals surface area contributed by atoms with Gasteiger partial charge in [-0.25, -0.2) is 13.2 Å². The second-order valence-corrected chi connectivity index (χ2v) is 10.8. The van der Waals surface area contributed by atoms with Crippen LogP contribution in [0.25, 0.3) is 21.1 Å². The molecule has 0 bridgehead atoms. The summed E-state index contributed by atoms with van der Waals surface area (Å²) in [6.45, 7) is 4.02. The van der Waals surface area contributed by atoms with E-state index in [1.54, 1.807) is 36.4 Å². The molecular weight excluding hydrogens is 474 g/mol. The molecule has 1 amide bonds. The Hall–Kier alpha value is -3.69. The molecule has 0 saturated carbocycles. The number of rotatable bonds is 5. The number of hydrogen-bond donors (Lipinski definition) is 0. The van der Waals surface area contributed by atoms with Crippen LogP contribution in [-0.4, -0.2) is 14.3 Å². The van der Waals surface area contributed by atoms with E-state index in [1.807, 2.05) is 13.8 Å². The second-order valence-electron chi connectivity index (χ2n) is 8.00. The summed E-state index contributed by atoms with van der Waals surface area (Å²) in [5.74, 6) is -0.766. The first-order valence-electron chi connectivity index (χ1n) is 10.5. The second kappa shape index (κ2) is 8.27. The maximum absolute atomic E-state index is 13.9. The number of hydrogen-bond acceptors (Lipinski definition) is 7. The average molecular weight is 494 g/mol. The zero-order valence-electron chi connectivity index (χ0n) is 18.2. The molecule has 0 spiro atoms. The summed E-state index contributed by atoms with van der Waals surface area (Å²) in [4.78, 5) is 25.0. The van der Waals surface area contributed by atoms with Crippen molar-refractivity contribution in [3.63, 3.8) is 0 Å². The van der Waals surface area contributed by atoms with E-state index in [1.165, 1.54) is 36.6 Å². The SMILES string of the molecule is CC(C)c1ccc(S(=O)(=O)N(C(=O)c2ccco2)c2cc3sc(=O)oc3c3ccccc23)cc1. The summed E-state index contributed by atoms with van der Waals surface area (Å²) in [6, 6.07) is 17.7. The molecule has 0 fully saturated rings. The fraction of sp³-hybridized carbons (Fsp3) is 0.120. The first kappa shape index (κ1) is 22.1. The van der Waals surface area contributed by atoms with Gasteiger partial charge in [0.05, 0.1) is 21.5 Å². The number of carbonyl (C=O) groups excluding carboxylic acids is 1. The molecule has 3 aromatic carbocycles. The van der Waals surface area contributed by atoms with Gasteiger partial charge in [0.15, 0.2) is 11.3 Å². The fourth-order valence-electron chi connectivity index (χ4n) is 3.83. The first-order chi connectivity index (χ1) is 16.3. The average Bonchev–Trinajstić information content (AvgIpc) is 3.48. The number of sulfonamides is 1. The molecule has 0 atom stereocenters. The van der Waals surface area contributed by atoms with Crippen LogP contribution in [0.2, 0.25) is 0 Å². The van der Waals surface area contributed by atoms with Crippen molar-refractivity contribution in [3.05, 3.63) is 94.1 Å². The third-order valence-corrected chi connectivity index (χ3v) is 8.02. The Bertz CT molecular complexity index is 1680. The molecule has 0 radical (unpaired) electrons. The van der Waals surface area contributed by atoms with Gasteiger partial charge >= 0.3 is 10.8 Å². The summed E-state index contributed by atoms with van der Waals surface area (Å²) >= 11 is 0.841. The number of fused-ring (bicyclic) bond motifs is 3. The molecule has 0 unspecified atom stereocenters. The minimum atomic E-state index is -4.36. The lowest BCUT2D eigenvalue weighted by molar-refractivity contribution is 0.0979. The zero-order valence-corrected chi connectivity index (χ0v) is 19.9. The lowest BCUT2D eigenvalue weighted by Gasteiger charge is -2.23. The third-order valence-electron chi connectivity index (χ3n) is 5.54. The standard InChI is InChI=1S/C25H19NO6S2/c1-15(2)16-9-11-17(12-10-16)34(29,30)26(24(27)21-8-5-13-31-21)20-14-22-23(32-25(28)33-22)19-7-4-3-6-18(19)20/h3-15H,1-2H3. The molecule has 0 aliphatic carbocycles. The van der Waals surface area contributed by atoms with E-state index in [9.17, 15) is 18.0 Å². The van der Waals surface area contributed by atoms with Gasteiger partial charge in [-0.15, -0.1) is 0 Å². The van der Waals surface area contributed by atoms with E-state index >= 15 is 0 Å². The Balaban J connectivity index is 1.80. The lowest BCUT2D eigenvalue weighted by Crippen LogP contribution is -2.37. The lowest BCUT2D eigenvalue weighted by atomic mass is 10.0. The van der Waals surface area contributed by atoms with Crippen molar-refractivity contribution in [1.82, 2.24) is 0 Å². The molecule has 7 nitrogen and oxygen atoms in total. The van der Waals surface area contributed by atoms with E-state index in [2.05, 4.69) is 0 Å². The summed E-state index contributed by atoms with van der Waals surface area (Å²) in [7, 11) is -4.36.